The van der Waals surface area contributed by atoms with Crippen LogP contribution in [0.4, 0.5) is 0 Å². The first-order valence-corrected chi connectivity index (χ1v) is 7.36. The molecule has 7 nitrogen and oxygen atoms in total. The second-order valence-electron chi connectivity index (χ2n) is 5.38. The fourth-order valence-corrected chi connectivity index (χ4v) is 2.09. The van der Waals surface area contributed by atoms with Crippen LogP contribution in [-0.4, -0.2) is 33.2 Å². The average Bonchev–Trinajstić information content (AvgIpc) is 2.98. The van der Waals surface area contributed by atoms with Crippen LogP contribution in [0.2, 0.25) is 0 Å². The van der Waals surface area contributed by atoms with E-state index in [1.165, 1.54) is 0 Å². The van der Waals surface area contributed by atoms with E-state index in [-0.39, 0.29) is 5.92 Å². The smallest absolute Gasteiger partial charge is 0.326 e. The molecule has 2 atom stereocenters. The van der Waals surface area contributed by atoms with Gasteiger partial charge in [0.05, 0.1) is 0 Å². The highest BCUT2D eigenvalue weighted by atomic mass is 16.4. The summed E-state index contributed by atoms with van der Waals surface area (Å²) in [4.78, 5) is 23.5. The quantitative estimate of drug-likeness (QED) is 0.846. The van der Waals surface area contributed by atoms with Crippen LogP contribution in [0.1, 0.15) is 36.5 Å². The summed E-state index contributed by atoms with van der Waals surface area (Å²) < 4.78 is 5.31. The maximum absolute atomic E-state index is 12.2. The summed E-state index contributed by atoms with van der Waals surface area (Å²) in [5.74, 6) is -0.786. The number of benzene rings is 1. The number of hydrogen-bond acceptors (Lipinski definition) is 5. The van der Waals surface area contributed by atoms with Crippen molar-refractivity contribution in [3.05, 3.63) is 35.7 Å². The Kier molecular flexibility index (Phi) is 5.10. The highest BCUT2D eigenvalue weighted by Gasteiger charge is 2.25. The van der Waals surface area contributed by atoms with E-state index in [4.69, 9.17) is 4.42 Å². The molecule has 1 aromatic heterocycles. The van der Waals surface area contributed by atoms with E-state index in [1.807, 2.05) is 6.92 Å². The molecule has 0 radical (unpaired) electrons. The average molecular weight is 317 g/mol. The predicted octanol–water partition coefficient (Wildman–Crippen LogP) is 2.27. The third-order valence-electron chi connectivity index (χ3n) is 3.69. The van der Waals surface area contributed by atoms with Crippen LogP contribution in [0.5, 0.6) is 0 Å². The van der Waals surface area contributed by atoms with E-state index >= 15 is 0 Å². The van der Waals surface area contributed by atoms with Crippen LogP contribution in [0.25, 0.3) is 11.5 Å². The third-order valence-corrected chi connectivity index (χ3v) is 3.69. The molecule has 0 saturated carbocycles. The minimum Gasteiger partial charge on any atom is -0.480 e. The molecule has 0 aliphatic heterocycles. The maximum Gasteiger partial charge on any atom is 0.326 e. The molecule has 0 saturated heterocycles. The van der Waals surface area contributed by atoms with Crippen molar-refractivity contribution < 1.29 is 19.1 Å². The minimum absolute atomic E-state index is 0.155. The number of aromatic nitrogens is 2. The van der Waals surface area contributed by atoms with Crippen LogP contribution in [0, 0.1) is 12.8 Å². The summed E-state index contributed by atoms with van der Waals surface area (Å²) in [6.45, 7) is 5.37. The first-order chi connectivity index (χ1) is 10.9. The van der Waals surface area contributed by atoms with Gasteiger partial charge in [-0.3, -0.25) is 4.79 Å². The maximum atomic E-state index is 12.2. The van der Waals surface area contributed by atoms with Gasteiger partial charge in [-0.15, -0.1) is 10.2 Å². The molecule has 0 unspecified atom stereocenters. The van der Waals surface area contributed by atoms with Gasteiger partial charge in [0.2, 0.25) is 11.8 Å². The van der Waals surface area contributed by atoms with Gasteiger partial charge in [-0.25, -0.2) is 4.79 Å². The number of aryl methyl sites for hydroxylation is 1. The second-order valence-corrected chi connectivity index (χ2v) is 5.38. The molecule has 7 heteroatoms. The Labute approximate surface area is 133 Å². The molecule has 1 aromatic carbocycles. The molecular weight excluding hydrogens is 298 g/mol. The Morgan fingerprint density at radius 3 is 2.39 bits per heavy atom. The number of carboxylic acids is 1. The van der Waals surface area contributed by atoms with E-state index in [9.17, 15) is 14.7 Å². The first-order valence-electron chi connectivity index (χ1n) is 7.36. The summed E-state index contributed by atoms with van der Waals surface area (Å²) in [6, 6.07) is 5.65. The topological polar surface area (TPSA) is 105 Å². The molecule has 0 aliphatic rings. The normalized spacial score (nSPS) is 13.3. The number of hydrogen-bond donors (Lipinski definition) is 2. The number of carboxylic acid groups (broad SMARTS) is 1. The zero-order valence-electron chi connectivity index (χ0n) is 13.2. The highest BCUT2D eigenvalue weighted by Crippen LogP contribution is 2.18. The van der Waals surface area contributed by atoms with E-state index < -0.39 is 17.9 Å². The van der Waals surface area contributed by atoms with E-state index in [0.29, 0.717) is 29.3 Å². The number of carbonyl (C=O) groups is 2. The molecule has 1 amide bonds. The summed E-state index contributed by atoms with van der Waals surface area (Å²) in [7, 11) is 0. The molecule has 2 N–H and O–H groups in total. The SMILES string of the molecule is CC[C@H](C)[C@H](NC(=O)c1ccc(-c2nnc(C)o2)cc1)C(=O)O. The van der Waals surface area contributed by atoms with Crippen LogP contribution in [0.15, 0.2) is 28.7 Å². The molecular formula is C16H19N3O4. The van der Waals surface area contributed by atoms with Crippen molar-refractivity contribution >= 4 is 11.9 Å². The van der Waals surface area contributed by atoms with Gasteiger partial charge in [0, 0.05) is 18.1 Å². The summed E-state index contributed by atoms with van der Waals surface area (Å²) in [5, 5.41) is 19.4. The monoisotopic (exact) mass is 317 g/mol. The number of aliphatic carboxylic acids is 1. The predicted molar refractivity (Wildman–Crippen MR) is 82.8 cm³/mol. The van der Waals surface area contributed by atoms with E-state index in [1.54, 1.807) is 38.1 Å². The zero-order chi connectivity index (χ0) is 17.0. The Balaban J connectivity index is 2.12. The highest BCUT2D eigenvalue weighted by molar-refractivity contribution is 5.96. The molecule has 0 aliphatic carbocycles. The summed E-state index contributed by atoms with van der Waals surface area (Å²) >= 11 is 0. The van der Waals surface area contributed by atoms with Gasteiger partial charge in [-0.2, -0.15) is 0 Å². The first kappa shape index (κ1) is 16.7. The van der Waals surface area contributed by atoms with Crippen molar-refractivity contribution in [3.63, 3.8) is 0 Å². The van der Waals surface area contributed by atoms with Crippen LogP contribution in [-0.2, 0) is 4.79 Å². The fourth-order valence-electron chi connectivity index (χ4n) is 2.09. The molecule has 0 fully saturated rings. The number of rotatable bonds is 6. The van der Waals surface area contributed by atoms with Crippen molar-refractivity contribution in [1.29, 1.82) is 0 Å². The number of nitrogens with zero attached hydrogens (tertiary/aromatic N) is 2. The summed E-state index contributed by atoms with van der Waals surface area (Å²) in [6.07, 6.45) is 0.659. The van der Waals surface area contributed by atoms with Crippen molar-refractivity contribution in [3.8, 4) is 11.5 Å². The lowest BCUT2D eigenvalue weighted by Crippen LogP contribution is -2.45. The number of nitrogens with one attached hydrogen (secondary N) is 1. The van der Waals surface area contributed by atoms with Gasteiger partial charge >= 0.3 is 5.97 Å². The Hall–Kier alpha value is -2.70. The lowest BCUT2D eigenvalue weighted by atomic mass is 9.99. The molecule has 2 rings (SSSR count). The van der Waals surface area contributed by atoms with Crippen molar-refractivity contribution in [2.75, 3.05) is 0 Å². The van der Waals surface area contributed by atoms with Gasteiger partial charge in [0.1, 0.15) is 6.04 Å². The Bertz CT molecular complexity index is 694. The molecule has 23 heavy (non-hydrogen) atoms. The Morgan fingerprint density at radius 2 is 1.91 bits per heavy atom. The number of amides is 1. The van der Waals surface area contributed by atoms with Crippen molar-refractivity contribution in [2.24, 2.45) is 5.92 Å². The summed E-state index contributed by atoms with van der Waals surface area (Å²) in [5.41, 5.74) is 1.07. The second kappa shape index (κ2) is 7.04. The largest absolute Gasteiger partial charge is 0.480 e. The fraction of sp³-hybridized carbons (Fsp3) is 0.375. The van der Waals surface area contributed by atoms with E-state index in [2.05, 4.69) is 15.5 Å². The number of carbonyl (C=O) groups excluding carboxylic acids is 1. The zero-order valence-corrected chi connectivity index (χ0v) is 13.2. The van der Waals surface area contributed by atoms with Crippen molar-refractivity contribution in [2.45, 2.75) is 33.2 Å². The molecule has 0 spiro atoms. The van der Waals surface area contributed by atoms with Gasteiger partial charge in [0.25, 0.3) is 5.91 Å². The standard InChI is InChI=1S/C16H19N3O4/c1-4-9(2)13(16(21)22)17-14(20)11-5-7-12(8-6-11)15-19-18-10(3)23-15/h5-9,13H,4H2,1-3H3,(H,17,20)(H,21,22)/t9-,13-/m0/s1. The van der Waals surface area contributed by atoms with Gasteiger partial charge in [-0.1, -0.05) is 20.3 Å². The molecule has 2 aromatic rings. The van der Waals surface area contributed by atoms with Gasteiger partial charge in [0.15, 0.2) is 0 Å². The molecule has 122 valence electrons. The minimum atomic E-state index is -1.04. The molecule has 0 bridgehead atoms. The Morgan fingerprint density at radius 1 is 1.26 bits per heavy atom. The lowest BCUT2D eigenvalue weighted by molar-refractivity contribution is -0.140. The lowest BCUT2D eigenvalue weighted by Gasteiger charge is -2.20. The third kappa shape index (κ3) is 3.94. The van der Waals surface area contributed by atoms with Crippen molar-refractivity contribution in [1.82, 2.24) is 15.5 Å². The van der Waals surface area contributed by atoms with Gasteiger partial charge < -0.3 is 14.8 Å². The van der Waals surface area contributed by atoms with Crippen LogP contribution in [0.3, 0.4) is 0 Å². The van der Waals surface area contributed by atoms with Crippen LogP contribution < -0.4 is 5.32 Å². The molecule has 1 heterocycles. The van der Waals surface area contributed by atoms with E-state index in [0.717, 1.165) is 0 Å². The van der Waals surface area contributed by atoms with Gasteiger partial charge in [-0.05, 0) is 30.2 Å². The van der Waals surface area contributed by atoms with Crippen LogP contribution >= 0.6 is 0 Å².